The molecule has 0 unspecified atom stereocenters. The molecular weight excluding hydrogens is 296 g/mol. The summed E-state index contributed by atoms with van der Waals surface area (Å²) in [5.74, 6) is 0.603. The Bertz CT molecular complexity index is 499. The van der Waals surface area contributed by atoms with Gasteiger partial charge < -0.3 is 20.1 Å². The van der Waals surface area contributed by atoms with Gasteiger partial charge in [0.25, 0.3) is 5.91 Å². The van der Waals surface area contributed by atoms with Crippen LogP contribution < -0.4 is 10.1 Å². The lowest BCUT2D eigenvalue weighted by Gasteiger charge is -2.31. The first-order valence-electron chi connectivity index (χ1n) is 8.05. The molecule has 0 spiro atoms. The summed E-state index contributed by atoms with van der Waals surface area (Å²) in [4.78, 5) is 25.8. The number of likely N-dealkylation sites (tertiary alicyclic amines) is 1. The van der Waals surface area contributed by atoms with Gasteiger partial charge in [0.05, 0.1) is 0 Å². The molecule has 0 bridgehead atoms. The van der Waals surface area contributed by atoms with Gasteiger partial charge in [-0.1, -0.05) is 18.2 Å². The Morgan fingerprint density at radius 3 is 2.57 bits per heavy atom. The molecular formula is C17H24N2O4. The largest absolute Gasteiger partial charge is 0.484 e. The highest BCUT2D eigenvalue weighted by Gasteiger charge is 2.27. The number of hydrogen-bond acceptors (Lipinski definition) is 4. The fraction of sp³-hybridized carbons (Fsp3) is 0.529. The number of aliphatic hydroxyl groups is 1. The molecule has 0 atom stereocenters. The summed E-state index contributed by atoms with van der Waals surface area (Å²) in [5.41, 5.74) is 0. The Morgan fingerprint density at radius 2 is 1.91 bits per heavy atom. The Balaban J connectivity index is 1.69. The van der Waals surface area contributed by atoms with E-state index < -0.39 is 0 Å². The number of aliphatic hydroxyl groups excluding tert-OH is 1. The highest BCUT2D eigenvalue weighted by molar-refractivity contribution is 5.80. The Labute approximate surface area is 136 Å². The van der Waals surface area contributed by atoms with Crippen molar-refractivity contribution in [2.24, 2.45) is 5.92 Å². The number of nitrogens with one attached hydrogen (secondary N) is 1. The summed E-state index contributed by atoms with van der Waals surface area (Å²) >= 11 is 0. The fourth-order valence-corrected chi connectivity index (χ4v) is 2.58. The van der Waals surface area contributed by atoms with Crippen LogP contribution >= 0.6 is 0 Å². The van der Waals surface area contributed by atoms with Crippen molar-refractivity contribution in [2.75, 3.05) is 32.8 Å². The summed E-state index contributed by atoms with van der Waals surface area (Å²) in [6.45, 7) is 1.76. The number of rotatable bonds is 7. The van der Waals surface area contributed by atoms with Crippen LogP contribution in [0.25, 0.3) is 0 Å². The van der Waals surface area contributed by atoms with Gasteiger partial charge in [-0.05, 0) is 31.4 Å². The number of carbonyl (C=O) groups is 2. The van der Waals surface area contributed by atoms with Crippen molar-refractivity contribution < 1.29 is 19.4 Å². The second kappa shape index (κ2) is 9.15. The molecule has 1 heterocycles. The third kappa shape index (κ3) is 5.56. The van der Waals surface area contributed by atoms with Crippen LogP contribution in [0, 0.1) is 5.92 Å². The van der Waals surface area contributed by atoms with Crippen molar-refractivity contribution in [2.45, 2.75) is 19.3 Å². The van der Waals surface area contributed by atoms with Crippen LogP contribution in [0.3, 0.4) is 0 Å². The molecule has 0 radical (unpaired) electrons. The van der Waals surface area contributed by atoms with E-state index in [9.17, 15) is 9.59 Å². The first-order chi connectivity index (χ1) is 11.2. The predicted molar refractivity (Wildman–Crippen MR) is 86.0 cm³/mol. The van der Waals surface area contributed by atoms with Gasteiger partial charge in [-0.15, -0.1) is 0 Å². The quantitative estimate of drug-likeness (QED) is 0.729. The SMILES string of the molecule is O=C(NCCCO)C1CCN(C(=O)COc2ccccc2)CC1. The van der Waals surface area contributed by atoms with Crippen molar-refractivity contribution in [1.82, 2.24) is 10.2 Å². The fourth-order valence-electron chi connectivity index (χ4n) is 2.58. The van der Waals surface area contributed by atoms with Gasteiger partial charge in [0.15, 0.2) is 6.61 Å². The molecule has 1 aliphatic rings. The van der Waals surface area contributed by atoms with Gasteiger partial charge in [0, 0.05) is 32.2 Å². The number of hydrogen-bond donors (Lipinski definition) is 2. The highest BCUT2D eigenvalue weighted by atomic mass is 16.5. The van der Waals surface area contributed by atoms with E-state index in [4.69, 9.17) is 9.84 Å². The topological polar surface area (TPSA) is 78.9 Å². The maximum atomic E-state index is 12.1. The average Bonchev–Trinajstić information content (AvgIpc) is 2.61. The van der Waals surface area contributed by atoms with Crippen LogP contribution in [0.4, 0.5) is 0 Å². The van der Waals surface area contributed by atoms with Gasteiger partial charge in [-0.2, -0.15) is 0 Å². The number of nitrogens with zero attached hydrogens (tertiary/aromatic N) is 1. The Hall–Kier alpha value is -2.08. The molecule has 1 aliphatic heterocycles. The lowest BCUT2D eigenvalue weighted by atomic mass is 9.96. The van der Waals surface area contributed by atoms with Crippen LogP contribution in [0.15, 0.2) is 30.3 Å². The summed E-state index contributed by atoms with van der Waals surface area (Å²) in [5, 5.41) is 11.5. The minimum absolute atomic E-state index is 0.0195. The maximum absolute atomic E-state index is 12.1. The normalized spacial score (nSPS) is 15.3. The van der Waals surface area contributed by atoms with Gasteiger partial charge in [-0.25, -0.2) is 0 Å². The van der Waals surface area contributed by atoms with E-state index in [0.717, 1.165) is 0 Å². The van der Waals surface area contributed by atoms with Crippen molar-refractivity contribution in [1.29, 1.82) is 0 Å². The minimum Gasteiger partial charge on any atom is -0.484 e. The number of piperidine rings is 1. The van der Waals surface area contributed by atoms with Gasteiger partial charge in [0.1, 0.15) is 5.75 Å². The molecule has 1 saturated heterocycles. The summed E-state index contributed by atoms with van der Waals surface area (Å²) in [6, 6.07) is 9.25. The van der Waals surface area contributed by atoms with Crippen LogP contribution in [0.1, 0.15) is 19.3 Å². The zero-order chi connectivity index (χ0) is 16.5. The second-order valence-electron chi connectivity index (χ2n) is 5.62. The lowest BCUT2D eigenvalue weighted by Crippen LogP contribution is -2.44. The number of ether oxygens (including phenoxy) is 1. The van der Waals surface area contributed by atoms with E-state index >= 15 is 0 Å². The number of benzene rings is 1. The number of amides is 2. The molecule has 0 saturated carbocycles. The van der Waals surface area contributed by atoms with Crippen molar-refractivity contribution in [3.05, 3.63) is 30.3 Å². The third-order valence-corrected chi connectivity index (χ3v) is 3.96. The van der Waals surface area contributed by atoms with Crippen molar-refractivity contribution in [3.63, 3.8) is 0 Å². The summed E-state index contributed by atoms with van der Waals surface area (Å²) < 4.78 is 5.47. The van der Waals surface area contributed by atoms with E-state index in [-0.39, 0.29) is 30.9 Å². The smallest absolute Gasteiger partial charge is 0.260 e. The van der Waals surface area contributed by atoms with Gasteiger partial charge in [-0.3, -0.25) is 9.59 Å². The van der Waals surface area contributed by atoms with E-state index in [2.05, 4.69) is 5.32 Å². The predicted octanol–water partition coefficient (Wildman–Crippen LogP) is 0.803. The summed E-state index contributed by atoms with van der Waals surface area (Å²) in [6.07, 6.45) is 1.91. The molecule has 0 aliphatic carbocycles. The molecule has 2 rings (SSSR count). The zero-order valence-electron chi connectivity index (χ0n) is 13.2. The van der Waals surface area contributed by atoms with Crippen molar-refractivity contribution in [3.8, 4) is 5.75 Å². The van der Waals surface area contributed by atoms with E-state index in [1.807, 2.05) is 30.3 Å². The third-order valence-electron chi connectivity index (χ3n) is 3.96. The van der Waals surface area contributed by atoms with Gasteiger partial charge in [0.2, 0.25) is 5.91 Å². The highest BCUT2D eigenvalue weighted by Crippen LogP contribution is 2.18. The van der Waals surface area contributed by atoms with Crippen molar-refractivity contribution >= 4 is 11.8 Å². The van der Waals surface area contributed by atoms with Crippen LogP contribution in [0.2, 0.25) is 0 Å². The molecule has 6 nitrogen and oxygen atoms in total. The summed E-state index contributed by atoms with van der Waals surface area (Å²) in [7, 11) is 0. The van der Waals surface area contributed by atoms with Crippen LogP contribution in [-0.4, -0.2) is 54.7 Å². The standard InChI is InChI=1S/C17H24N2O4/c20-12-4-9-18-17(22)14-7-10-19(11-8-14)16(21)13-23-15-5-2-1-3-6-15/h1-3,5-6,14,20H,4,7-13H2,(H,18,22). The number of para-hydroxylation sites is 1. The maximum Gasteiger partial charge on any atom is 0.260 e. The van der Waals surface area contributed by atoms with Gasteiger partial charge >= 0.3 is 0 Å². The monoisotopic (exact) mass is 320 g/mol. The molecule has 6 heteroatoms. The molecule has 23 heavy (non-hydrogen) atoms. The minimum atomic E-state index is -0.0483. The molecule has 1 fully saturated rings. The molecule has 2 N–H and O–H groups in total. The Kier molecular flexibility index (Phi) is 6.87. The Morgan fingerprint density at radius 1 is 1.22 bits per heavy atom. The molecule has 1 aromatic rings. The van der Waals surface area contributed by atoms with E-state index in [1.165, 1.54) is 0 Å². The number of carbonyl (C=O) groups excluding carboxylic acids is 2. The first-order valence-corrected chi connectivity index (χ1v) is 8.05. The zero-order valence-corrected chi connectivity index (χ0v) is 13.2. The molecule has 2 amide bonds. The first kappa shape index (κ1) is 17.3. The molecule has 0 aromatic heterocycles. The van der Waals surface area contributed by atoms with Crippen LogP contribution in [0.5, 0.6) is 5.75 Å². The molecule has 126 valence electrons. The lowest BCUT2D eigenvalue weighted by molar-refractivity contribution is -0.137. The molecule has 1 aromatic carbocycles. The second-order valence-corrected chi connectivity index (χ2v) is 5.62. The van der Waals surface area contributed by atoms with E-state index in [1.54, 1.807) is 4.90 Å². The van der Waals surface area contributed by atoms with E-state index in [0.29, 0.717) is 44.6 Å². The average molecular weight is 320 g/mol. The van der Waals surface area contributed by atoms with Crippen LogP contribution in [-0.2, 0) is 9.59 Å².